The van der Waals surface area contributed by atoms with Gasteiger partial charge in [-0.25, -0.2) is 4.39 Å². The van der Waals surface area contributed by atoms with E-state index in [9.17, 15) is 9.18 Å². The standard InChI is InChI=1S/C7H2BrFN2OS/c8-5-4(9)1-3(2-12)6-7(5)13-11-10-6/h1-2H. The molecule has 2 aromatic rings. The van der Waals surface area contributed by atoms with Crippen LogP contribution in [-0.4, -0.2) is 15.9 Å². The largest absolute Gasteiger partial charge is 0.298 e. The maximum Gasteiger partial charge on any atom is 0.152 e. The highest BCUT2D eigenvalue weighted by molar-refractivity contribution is 9.10. The molecule has 0 unspecified atom stereocenters. The van der Waals surface area contributed by atoms with Gasteiger partial charge in [0.15, 0.2) is 6.29 Å². The van der Waals surface area contributed by atoms with E-state index in [1.807, 2.05) is 0 Å². The molecule has 0 aliphatic rings. The van der Waals surface area contributed by atoms with Gasteiger partial charge in [-0.15, -0.1) is 5.10 Å². The predicted molar refractivity (Wildman–Crippen MR) is 50.5 cm³/mol. The molecular formula is C7H2BrFN2OS. The topological polar surface area (TPSA) is 42.9 Å². The molecule has 66 valence electrons. The SMILES string of the molecule is O=Cc1cc(F)c(Br)c2snnc12. The molecule has 0 aliphatic heterocycles. The third-order valence-electron chi connectivity index (χ3n) is 1.58. The minimum Gasteiger partial charge on any atom is -0.298 e. The lowest BCUT2D eigenvalue weighted by molar-refractivity contribution is 0.112. The Balaban J connectivity index is 2.95. The van der Waals surface area contributed by atoms with Crippen LogP contribution in [0.15, 0.2) is 10.5 Å². The van der Waals surface area contributed by atoms with Crippen molar-refractivity contribution in [2.45, 2.75) is 0 Å². The number of benzene rings is 1. The summed E-state index contributed by atoms with van der Waals surface area (Å²) in [4.78, 5) is 10.5. The van der Waals surface area contributed by atoms with Crippen LogP contribution >= 0.6 is 27.5 Å². The third-order valence-corrected chi connectivity index (χ3v) is 3.36. The van der Waals surface area contributed by atoms with E-state index in [1.165, 1.54) is 0 Å². The van der Waals surface area contributed by atoms with Gasteiger partial charge in [0.25, 0.3) is 0 Å². The van der Waals surface area contributed by atoms with Crippen molar-refractivity contribution in [3.05, 3.63) is 21.9 Å². The van der Waals surface area contributed by atoms with Crippen LogP contribution in [0.3, 0.4) is 0 Å². The Morgan fingerprint density at radius 2 is 2.38 bits per heavy atom. The average molecular weight is 261 g/mol. The molecule has 0 atom stereocenters. The average Bonchev–Trinajstić information content (AvgIpc) is 2.60. The summed E-state index contributed by atoms with van der Waals surface area (Å²) >= 11 is 4.11. The smallest absolute Gasteiger partial charge is 0.152 e. The van der Waals surface area contributed by atoms with Crippen molar-refractivity contribution in [2.75, 3.05) is 0 Å². The van der Waals surface area contributed by atoms with Gasteiger partial charge in [-0.3, -0.25) is 4.79 Å². The third kappa shape index (κ3) is 1.26. The van der Waals surface area contributed by atoms with E-state index >= 15 is 0 Å². The second-order valence-electron chi connectivity index (χ2n) is 2.33. The number of carbonyl (C=O) groups excluding carboxylic acids is 1. The number of aldehydes is 1. The number of aromatic nitrogens is 2. The van der Waals surface area contributed by atoms with Crippen molar-refractivity contribution >= 4 is 44.0 Å². The molecule has 0 radical (unpaired) electrons. The van der Waals surface area contributed by atoms with E-state index in [0.29, 0.717) is 21.0 Å². The number of rotatable bonds is 1. The van der Waals surface area contributed by atoms with Crippen LogP contribution in [0.5, 0.6) is 0 Å². The zero-order chi connectivity index (χ0) is 9.42. The van der Waals surface area contributed by atoms with Gasteiger partial charge in [0, 0.05) is 5.56 Å². The van der Waals surface area contributed by atoms with Crippen LogP contribution in [0.1, 0.15) is 10.4 Å². The number of nitrogens with zero attached hydrogens (tertiary/aromatic N) is 2. The normalized spacial score (nSPS) is 10.6. The molecule has 1 aromatic heterocycles. The highest BCUT2D eigenvalue weighted by atomic mass is 79.9. The molecule has 0 spiro atoms. The summed E-state index contributed by atoms with van der Waals surface area (Å²) in [5.74, 6) is -0.472. The van der Waals surface area contributed by atoms with Gasteiger partial charge in [0.2, 0.25) is 0 Å². The van der Waals surface area contributed by atoms with E-state index in [2.05, 4.69) is 25.5 Å². The van der Waals surface area contributed by atoms with Crippen molar-refractivity contribution in [3.8, 4) is 0 Å². The molecule has 0 saturated carbocycles. The van der Waals surface area contributed by atoms with Crippen molar-refractivity contribution in [1.82, 2.24) is 9.59 Å². The van der Waals surface area contributed by atoms with Crippen LogP contribution in [0.25, 0.3) is 10.2 Å². The fourth-order valence-corrected chi connectivity index (χ4v) is 2.14. The van der Waals surface area contributed by atoms with Crippen LogP contribution in [0.2, 0.25) is 0 Å². The molecule has 3 nitrogen and oxygen atoms in total. The summed E-state index contributed by atoms with van der Waals surface area (Å²) in [6.07, 6.45) is 0.569. The van der Waals surface area contributed by atoms with E-state index in [1.54, 1.807) is 0 Å². The number of hydrogen-bond donors (Lipinski definition) is 0. The lowest BCUT2D eigenvalue weighted by Crippen LogP contribution is -1.87. The van der Waals surface area contributed by atoms with Crippen LogP contribution in [0.4, 0.5) is 4.39 Å². The number of fused-ring (bicyclic) bond motifs is 1. The summed E-state index contributed by atoms with van der Waals surface area (Å²) in [6.45, 7) is 0. The number of halogens is 2. The molecule has 0 bridgehead atoms. The fourth-order valence-electron chi connectivity index (χ4n) is 0.990. The molecule has 0 aliphatic carbocycles. The zero-order valence-electron chi connectivity index (χ0n) is 6.12. The van der Waals surface area contributed by atoms with E-state index in [-0.39, 0.29) is 5.56 Å². The zero-order valence-corrected chi connectivity index (χ0v) is 8.52. The number of hydrogen-bond acceptors (Lipinski definition) is 4. The van der Waals surface area contributed by atoms with Crippen molar-refractivity contribution < 1.29 is 9.18 Å². The van der Waals surface area contributed by atoms with E-state index < -0.39 is 5.82 Å². The Kier molecular flexibility index (Phi) is 2.09. The molecule has 0 saturated heterocycles. The first-order chi connectivity index (χ1) is 6.24. The molecule has 6 heteroatoms. The molecule has 0 N–H and O–H groups in total. The van der Waals surface area contributed by atoms with Crippen LogP contribution < -0.4 is 0 Å². The van der Waals surface area contributed by atoms with Gasteiger partial charge in [0.1, 0.15) is 11.3 Å². The maximum absolute atomic E-state index is 13.1. The highest BCUT2D eigenvalue weighted by Gasteiger charge is 2.12. The van der Waals surface area contributed by atoms with Crippen molar-refractivity contribution in [3.63, 3.8) is 0 Å². The summed E-state index contributed by atoms with van der Waals surface area (Å²) < 4.78 is 17.6. The Labute approximate surface area is 84.9 Å². The summed E-state index contributed by atoms with van der Waals surface area (Å²) in [5, 5.41) is 3.73. The quantitative estimate of drug-likeness (QED) is 0.740. The van der Waals surface area contributed by atoms with Gasteiger partial charge in [-0.1, -0.05) is 4.49 Å². The van der Waals surface area contributed by atoms with Gasteiger partial charge in [-0.05, 0) is 33.5 Å². The minimum absolute atomic E-state index is 0.226. The van der Waals surface area contributed by atoms with Crippen LogP contribution in [0, 0.1) is 5.82 Å². The van der Waals surface area contributed by atoms with Gasteiger partial charge in [-0.2, -0.15) is 0 Å². The van der Waals surface area contributed by atoms with Gasteiger partial charge < -0.3 is 0 Å². The molecule has 13 heavy (non-hydrogen) atoms. The number of carbonyl (C=O) groups is 1. The Morgan fingerprint density at radius 1 is 1.62 bits per heavy atom. The molecule has 0 amide bonds. The predicted octanol–water partition coefficient (Wildman–Crippen LogP) is 2.41. The van der Waals surface area contributed by atoms with E-state index in [0.717, 1.165) is 17.6 Å². The highest BCUT2D eigenvalue weighted by Crippen LogP contribution is 2.30. The van der Waals surface area contributed by atoms with Crippen molar-refractivity contribution in [2.24, 2.45) is 0 Å². The first kappa shape index (κ1) is 8.71. The lowest BCUT2D eigenvalue weighted by atomic mass is 10.2. The molecular weight excluding hydrogens is 259 g/mol. The summed E-state index contributed by atoms with van der Waals surface area (Å²) in [5.41, 5.74) is 0.665. The molecule has 1 aromatic carbocycles. The Hall–Kier alpha value is -0.880. The summed E-state index contributed by atoms with van der Waals surface area (Å²) in [6, 6.07) is 1.14. The van der Waals surface area contributed by atoms with Gasteiger partial charge in [0.05, 0.1) is 9.17 Å². The molecule has 1 heterocycles. The Morgan fingerprint density at radius 3 is 3.08 bits per heavy atom. The molecule has 0 fully saturated rings. The lowest BCUT2D eigenvalue weighted by Gasteiger charge is -1.96. The maximum atomic E-state index is 13.1. The van der Waals surface area contributed by atoms with Crippen LogP contribution in [-0.2, 0) is 0 Å². The first-order valence-corrected chi connectivity index (χ1v) is 4.86. The van der Waals surface area contributed by atoms with Gasteiger partial charge >= 0.3 is 0 Å². The monoisotopic (exact) mass is 260 g/mol. The molecule has 2 rings (SSSR count). The van der Waals surface area contributed by atoms with Crippen molar-refractivity contribution in [1.29, 1.82) is 0 Å². The summed E-state index contributed by atoms with van der Waals surface area (Å²) in [7, 11) is 0. The first-order valence-electron chi connectivity index (χ1n) is 3.29. The minimum atomic E-state index is -0.472. The second-order valence-corrected chi connectivity index (χ2v) is 3.88. The second kappa shape index (κ2) is 3.12. The Bertz CT molecular complexity index is 485. The van der Waals surface area contributed by atoms with E-state index in [4.69, 9.17) is 0 Å². The fraction of sp³-hybridized carbons (Fsp3) is 0.